The van der Waals surface area contributed by atoms with Gasteiger partial charge >= 0.3 is 0 Å². The number of methoxy groups -OCH3 is 1. The van der Waals surface area contributed by atoms with Crippen molar-refractivity contribution < 1.29 is 14.3 Å². The highest BCUT2D eigenvalue weighted by Crippen LogP contribution is 2.32. The Balaban J connectivity index is 1.62. The maximum absolute atomic E-state index is 13.2. The lowest BCUT2D eigenvalue weighted by Gasteiger charge is -2.20. The largest absolute Gasteiger partial charge is 0.493 e. The van der Waals surface area contributed by atoms with Crippen molar-refractivity contribution in [1.82, 2.24) is 9.97 Å². The summed E-state index contributed by atoms with van der Waals surface area (Å²) in [6, 6.07) is 17.1. The Hall–Kier alpha value is -3.45. The zero-order valence-corrected chi connectivity index (χ0v) is 17.6. The molecule has 0 saturated heterocycles. The fraction of sp³-hybridized carbons (Fsp3) is 0.174. The summed E-state index contributed by atoms with van der Waals surface area (Å²) in [5.74, 6) is 0.913. The van der Waals surface area contributed by atoms with Gasteiger partial charge in [-0.15, -0.1) is 0 Å². The molecule has 1 amide bonds. The number of benzene rings is 2. The Kier molecular flexibility index (Phi) is 5.90. The number of para-hydroxylation sites is 3. The molecule has 4 aromatic rings. The van der Waals surface area contributed by atoms with Gasteiger partial charge in [0, 0.05) is 12.4 Å². The molecule has 2 heterocycles. The average molecular weight is 420 g/mol. The molecule has 7 heteroatoms. The van der Waals surface area contributed by atoms with E-state index in [1.807, 2.05) is 49.4 Å². The van der Waals surface area contributed by atoms with Crippen LogP contribution in [0.15, 0.2) is 67.0 Å². The average Bonchev–Trinajstić information content (AvgIpc) is 3.22. The molecule has 0 spiro atoms. The second-order valence-electron chi connectivity index (χ2n) is 6.70. The van der Waals surface area contributed by atoms with Gasteiger partial charge in [-0.05, 0) is 42.3 Å². The minimum atomic E-state index is -0.193. The highest BCUT2D eigenvalue weighted by molar-refractivity contribution is 7.22. The van der Waals surface area contributed by atoms with Crippen molar-refractivity contribution in [2.45, 2.75) is 13.5 Å². The van der Waals surface area contributed by atoms with Crippen molar-refractivity contribution in [3.63, 3.8) is 0 Å². The summed E-state index contributed by atoms with van der Waals surface area (Å²) >= 11 is 1.49. The maximum atomic E-state index is 13.2. The van der Waals surface area contributed by atoms with E-state index >= 15 is 0 Å². The summed E-state index contributed by atoms with van der Waals surface area (Å²) in [6.45, 7) is 2.25. The second kappa shape index (κ2) is 8.92. The summed E-state index contributed by atoms with van der Waals surface area (Å²) in [4.78, 5) is 23.7. The van der Waals surface area contributed by atoms with E-state index in [9.17, 15) is 4.79 Å². The molecule has 0 aliphatic rings. The number of rotatable bonds is 7. The third-order valence-corrected chi connectivity index (χ3v) is 5.67. The SMILES string of the molecule is COc1ccccc1OCC(=O)N(Cc1cccnc1)c1nc2c(C)cccc2s1. The maximum Gasteiger partial charge on any atom is 0.267 e. The summed E-state index contributed by atoms with van der Waals surface area (Å²) in [7, 11) is 1.57. The van der Waals surface area contributed by atoms with Gasteiger partial charge in [0.25, 0.3) is 5.91 Å². The molecule has 0 saturated carbocycles. The van der Waals surface area contributed by atoms with Crippen LogP contribution in [0.2, 0.25) is 0 Å². The highest BCUT2D eigenvalue weighted by atomic mass is 32.1. The Morgan fingerprint density at radius 1 is 1.07 bits per heavy atom. The van der Waals surface area contributed by atoms with Gasteiger partial charge in [-0.3, -0.25) is 14.7 Å². The van der Waals surface area contributed by atoms with Gasteiger partial charge < -0.3 is 9.47 Å². The predicted octanol–water partition coefficient (Wildman–Crippen LogP) is 4.62. The summed E-state index contributed by atoms with van der Waals surface area (Å²) in [6.07, 6.45) is 3.46. The topological polar surface area (TPSA) is 64.6 Å². The summed E-state index contributed by atoms with van der Waals surface area (Å²) in [5.41, 5.74) is 2.90. The number of hydrogen-bond donors (Lipinski definition) is 0. The first-order valence-corrected chi connectivity index (χ1v) is 10.3. The molecule has 0 fully saturated rings. The molecule has 0 atom stereocenters. The Labute approximate surface area is 178 Å². The molecule has 0 N–H and O–H groups in total. The Bertz CT molecular complexity index is 1160. The highest BCUT2D eigenvalue weighted by Gasteiger charge is 2.22. The molecular weight excluding hydrogens is 398 g/mol. The first kappa shape index (κ1) is 19.8. The quantitative estimate of drug-likeness (QED) is 0.437. The lowest BCUT2D eigenvalue weighted by atomic mass is 10.2. The van der Waals surface area contributed by atoms with Crippen LogP contribution >= 0.6 is 11.3 Å². The number of thiazole rings is 1. The molecule has 2 aromatic heterocycles. The Morgan fingerprint density at radius 3 is 2.63 bits per heavy atom. The zero-order chi connectivity index (χ0) is 20.9. The minimum absolute atomic E-state index is 0.129. The van der Waals surface area contributed by atoms with Crippen LogP contribution in [0, 0.1) is 6.92 Å². The van der Waals surface area contributed by atoms with E-state index in [1.54, 1.807) is 36.5 Å². The molecular formula is C23H21N3O3S. The van der Waals surface area contributed by atoms with E-state index in [4.69, 9.17) is 14.5 Å². The van der Waals surface area contributed by atoms with E-state index in [-0.39, 0.29) is 12.5 Å². The molecule has 0 bridgehead atoms. The number of anilines is 1. The molecule has 4 rings (SSSR count). The van der Waals surface area contributed by atoms with Crippen molar-refractivity contribution in [1.29, 1.82) is 0 Å². The molecule has 6 nitrogen and oxygen atoms in total. The first-order valence-electron chi connectivity index (χ1n) is 9.47. The number of aryl methyl sites for hydroxylation is 1. The number of aromatic nitrogens is 2. The van der Waals surface area contributed by atoms with Gasteiger partial charge in [0.05, 0.1) is 23.9 Å². The van der Waals surface area contributed by atoms with Crippen molar-refractivity contribution >= 4 is 32.6 Å². The first-order chi connectivity index (χ1) is 14.7. The smallest absolute Gasteiger partial charge is 0.267 e. The third-order valence-electron chi connectivity index (χ3n) is 4.63. The van der Waals surface area contributed by atoms with Gasteiger partial charge in [-0.25, -0.2) is 4.98 Å². The van der Waals surface area contributed by atoms with Crippen LogP contribution in [0.25, 0.3) is 10.2 Å². The van der Waals surface area contributed by atoms with Crippen molar-refractivity contribution in [2.75, 3.05) is 18.6 Å². The van der Waals surface area contributed by atoms with Gasteiger partial charge in [0.1, 0.15) is 0 Å². The van der Waals surface area contributed by atoms with Crippen LogP contribution in [-0.2, 0) is 11.3 Å². The number of carbonyl (C=O) groups excluding carboxylic acids is 1. The molecule has 30 heavy (non-hydrogen) atoms. The zero-order valence-electron chi connectivity index (χ0n) is 16.7. The van der Waals surface area contributed by atoms with Crippen LogP contribution in [0.5, 0.6) is 11.5 Å². The fourth-order valence-electron chi connectivity index (χ4n) is 3.08. The van der Waals surface area contributed by atoms with Gasteiger partial charge in [-0.2, -0.15) is 0 Å². The molecule has 2 aromatic carbocycles. The molecule has 0 aliphatic carbocycles. The van der Waals surface area contributed by atoms with E-state index in [0.29, 0.717) is 23.2 Å². The molecule has 0 unspecified atom stereocenters. The van der Waals surface area contributed by atoms with E-state index in [2.05, 4.69) is 4.98 Å². The van der Waals surface area contributed by atoms with Crippen LogP contribution in [0.4, 0.5) is 5.13 Å². The monoisotopic (exact) mass is 419 g/mol. The molecule has 0 radical (unpaired) electrons. The van der Waals surface area contributed by atoms with E-state index in [0.717, 1.165) is 21.3 Å². The Morgan fingerprint density at radius 2 is 1.90 bits per heavy atom. The van der Waals surface area contributed by atoms with Crippen LogP contribution in [0.3, 0.4) is 0 Å². The number of hydrogen-bond acceptors (Lipinski definition) is 6. The number of amides is 1. The van der Waals surface area contributed by atoms with Crippen LogP contribution in [-0.4, -0.2) is 29.6 Å². The van der Waals surface area contributed by atoms with Crippen molar-refractivity contribution in [3.05, 3.63) is 78.1 Å². The molecule has 0 aliphatic heterocycles. The van der Waals surface area contributed by atoms with E-state index in [1.165, 1.54) is 11.3 Å². The van der Waals surface area contributed by atoms with Gasteiger partial charge in [0.15, 0.2) is 23.2 Å². The van der Waals surface area contributed by atoms with E-state index < -0.39 is 0 Å². The predicted molar refractivity (Wildman–Crippen MR) is 118 cm³/mol. The summed E-state index contributed by atoms with van der Waals surface area (Å²) in [5, 5.41) is 0.636. The second-order valence-corrected chi connectivity index (χ2v) is 7.71. The normalized spacial score (nSPS) is 10.7. The lowest BCUT2D eigenvalue weighted by Crippen LogP contribution is -2.34. The fourth-order valence-corrected chi connectivity index (χ4v) is 4.14. The third kappa shape index (κ3) is 4.26. The van der Waals surface area contributed by atoms with Crippen molar-refractivity contribution in [3.8, 4) is 11.5 Å². The number of fused-ring (bicyclic) bond motifs is 1. The number of nitrogens with zero attached hydrogens (tertiary/aromatic N) is 3. The van der Waals surface area contributed by atoms with Crippen LogP contribution in [0.1, 0.15) is 11.1 Å². The van der Waals surface area contributed by atoms with Crippen molar-refractivity contribution in [2.24, 2.45) is 0 Å². The standard InChI is InChI=1S/C23H21N3O3S/c1-16-7-5-11-20-22(16)25-23(30-20)26(14-17-8-6-12-24-13-17)21(27)15-29-19-10-4-3-9-18(19)28-2/h3-13H,14-15H2,1-2H3. The van der Waals surface area contributed by atoms with Gasteiger partial charge in [-0.1, -0.05) is 41.7 Å². The van der Waals surface area contributed by atoms with Gasteiger partial charge in [0.2, 0.25) is 0 Å². The van der Waals surface area contributed by atoms with Crippen LogP contribution < -0.4 is 14.4 Å². The molecule has 152 valence electrons. The lowest BCUT2D eigenvalue weighted by molar-refractivity contribution is -0.120. The minimum Gasteiger partial charge on any atom is -0.493 e. The summed E-state index contributed by atoms with van der Waals surface area (Å²) < 4.78 is 12.1. The number of pyridine rings is 1. The number of ether oxygens (including phenoxy) is 2. The number of carbonyl (C=O) groups is 1.